The molecular weight excluding hydrogens is 353 g/mol. The molecule has 1 aliphatic rings. The number of alkyl halides is 3. The highest BCUT2D eigenvalue weighted by Gasteiger charge is 2.54. The van der Waals surface area contributed by atoms with Crippen LogP contribution in [0.1, 0.15) is 10.4 Å². The smallest absolute Gasteiger partial charge is 0.393 e. The summed E-state index contributed by atoms with van der Waals surface area (Å²) < 4.78 is 64.3. The summed E-state index contributed by atoms with van der Waals surface area (Å²) in [6.45, 7) is -1.80. The van der Waals surface area contributed by atoms with Gasteiger partial charge in [0.25, 0.3) is 0 Å². The van der Waals surface area contributed by atoms with Crippen molar-refractivity contribution in [3.63, 3.8) is 0 Å². The Labute approximate surface area is 134 Å². The number of carboxylic acid groups (broad SMARTS) is 1. The first-order valence-corrected chi connectivity index (χ1v) is 8.08. The Kier molecular flexibility index (Phi) is 4.59. The molecule has 0 saturated carbocycles. The van der Waals surface area contributed by atoms with Crippen molar-refractivity contribution in [1.29, 1.82) is 0 Å². The van der Waals surface area contributed by atoms with Gasteiger partial charge in [0.15, 0.2) is 0 Å². The molecule has 1 aromatic carbocycles. The molecule has 0 aliphatic carbocycles. The molecule has 11 heteroatoms. The van der Waals surface area contributed by atoms with Gasteiger partial charge in [-0.05, 0) is 18.2 Å². The number of primary amides is 1. The summed E-state index contributed by atoms with van der Waals surface area (Å²) in [5.74, 6) is -6.81. The SMILES string of the molecule is NC(=O)c1cccc(S(=O)(=O)N2C[C@@H](C(F)(F)F)[C@H](C(=O)O)C2)c1. The summed E-state index contributed by atoms with van der Waals surface area (Å²) in [4.78, 5) is 21.7. The van der Waals surface area contributed by atoms with E-state index in [0.29, 0.717) is 4.31 Å². The Balaban J connectivity index is 2.39. The van der Waals surface area contributed by atoms with E-state index in [4.69, 9.17) is 10.8 Å². The lowest BCUT2D eigenvalue weighted by Gasteiger charge is -2.18. The molecule has 1 saturated heterocycles. The molecule has 0 spiro atoms. The van der Waals surface area contributed by atoms with E-state index < -0.39 is 57.9 Å². The van der Waals surface area contributed by atoms with Crippen molar-refractivity contribution in [2.24, 2.45) is 17.6 Å². The standard InChI is InChI=1S/C13H13F3N2O5S/c14-13(15,16)10-6-18(5-9(10)12(20)21)24(22,23)8-3-1-2-7(4-8)11(17)19/h1-4,9-10H,5-6H2,(H2,17,19)(H,20,21)/t9-,10-/m1/s1. The third-order valence-corrected chi connectivity index (χ3v) is 5.61. The van der Waals surface area contributed by atoms with Gasteiger partial charge < -0.3 is 10.8 Å². The van der Waals surface area contributed by atoms with Gasteiger partial charge in [-0.25, -0.2) is 8.42 Å². The van der Waals surface area contributed by atoms with Gasteiger partial charge in [0.1, 0.15) is 0 Å². The molecule has 1 amide bonds. The monoisotopic (exact) mass is 366 g/mol. The number of carbonyl (C=O) groups is 2. The number of carbonyl (C=O) groups excluding carboxylic acids is 1. The van der Waals surface area contributed by atoms with E-state index in [1.165, 1.54) is 12.1 Å². The summed E-state index contributed by atoms with van der Waals surface area (Å²) in [6.07, 6.45) is -4.84. The number of aliphatic carboxylic acids is 1. The predicted molar refractivity (Wildman–Crippen MR) is 74.4 cm³/mol. The minimum atomic E-state index is -4.84. The van der Waals surface area contributed by atoms with E-state index in [-0.39, 0.29) is 5.56 Å². The van der Waals surface area contributed by atoms with Gasteiger partial charge >= 0.3 is 12.1 Å². The molecule has 24 heavy (non-hydrogen) atoms. The summed E-state index contributed by atoms with van der Waals surface area (Å²) >= 11 is 0. The van der Waals surface area contributed by atoms with Gasteiger partial charge in [-0.15, -0.1) is 0 Å². The second kappa shape index (κ2) is 6.06. The first-order chi connectivity index (χ1) is 10.9. The second-order valence-electron chi connectivity index (χ2n) is 5.31. The zero-order valence-corrected chi connectivity index (χ0v) is 12.8. The van der Waals surface area contributed by atoms with Crippen molar-refractivity contribution in [3.8, 4) is 0 Å². The molecule has 1 fully saturated rings. The predicted octanol–water partition coefficient (Wildman–Crippen LogP) is 0.669. The van der Waals surface area contributed by atoms with E-state index in [0.717, 1.165) is 12.1 Å². The highest BCUT2D eigenvalue weighted by Crippen LogP contribution is 2.39. The number of sulfonamides is 1. The van der Waals surface area contributed by atoms with Crippen molar-refractivity contribution in [2.45, 2.75) is 11.1 Å². The highest BCUT2D eigenvalue weighted by atomic mass is 32.2. The number of hydrogen-bond donors (Lipinski definition) is 2. The van der Waals surface area contributed by atoms with Crippen molar-refractivity contribution >= 4 is 21.9 Å². The number of amides is 1. The van der Waals surface area contributed by atoms with E-state index in [1.54, 1.807) is 0 Å². The minimum absolute atomic E-state index is 0.127. The van der Waals surface area contributed by atoms with E-state index >= 15 is 0 Å². The number of rotatable bonds is 4. The van der Waals surface area contributed by atoms with E-state index in [1.807, 2.05) is 0 Å². The molecule has 1 aromatic rings. The highest BCUT2D eigenvalue weighted by molar-refractivity contribution is 7.89. The Morgan fingerprint density at radius 3 is 2.33 bits per heavy atom. The van der Waals surface area contributed by atoms with Crippen molar-refractivity contribution < 1.29 is 36.3 Å². The first-order valence-electron chi connectivity index (χ1n) is 6.64. The lowest BCUT2D eigenvalue weighted by atomic mass is 9.96. The van der Waals surface area contributed by atoms with Crippen LogP contribution in [0.2, 0.25) is 0 Å². The van der Waals surface area contributed by atoms with Crippen LogP contribution < -0.4 is 5.73 Å². The average molecular weight is 366 g/mol. The zero-order valence-electron chi connectivity index (χ0n) is 12.0. The number of nitrogens with zero attached hydrogens (tertiary/aromatic N) is 1. The number of carboxylic acids is 1. The quantitative estimate of drug-likeness (QED) is 0.812. The minimum Gasteiger partial charge on any atom is -0.481 e. The van der Waals surface area contributed by atoms with Crippen LogP contribution in [0.4, 0.5) is 13.2 Å². The maximum atomic E-state index is 13.0. The summed E-state index contributed by atoms with van der Waals surface area (Å²) in [5, 5.41) is 8.94. The van der Waals surface area contributed by atoms with Gasteiger partial charge in [0.2, 0.25) is 15.9 Å². The largest absolute Gasteiger partial charge is 0.481 e. The molecule has 0 bridgehead atoms. The number of halogens is 3. The molecular formula is C13H13F3N2O5S. The average Bonchev–Trinajstić information content (AvgIpc) is 2.93. The van der Waals surface area contributed by atoms with Gasteiger partial charge in [0, 0.05) is 18.7 Å². The lowest BCUT2D eigenvalue weighted by molar-refractivity contribution is -0.187. The third-order valence-electron chi connectivity index (χ3n) is 3.78. The second-order valence-corrected chi connectivity index (χ2v) is 7.24. The normalized spacial score (nSPS) is 22.5. The topological polar surface area (TPSA) is 118 Å². The van der Waals surface area contributed by atoms with Crippen LogP contribution in [0.25, 0.3) is 0 Å². The molecule has 7 nitrogen and oxygen atoms in total. The lowest BCUT2D eigenvalue weighted by Crippen LogP contribution is -2.34. The Morgan fingerprint density at radius 2 is 1.88 bits per heavy atom. The number of hydrogen-bond acceptors (Lipinski definition) is 4. The fourth-order valence-corrected chi connectivity index (χ4v) is 4.04. The van der Waals surface area contributed by atoms with E-state index in [9.17, 15) is 31.2 Å². The Morgan fingerprint density at radius 1 is 1.25 bits per heavy atom. The number of nitrogens with two attached hydrogens (primary N) is 1. The molecule has 0 aromatic heterocycles. The summed E-state index contributed by atoms with van der Waals surface area (Å²) in [5.41, 5.74) is 4.92. The maximum absolute atomic E-state index is 13.0. The fourth-order valence-electron chi connectivity index (χ4n) is 2.50. The number of benzene rings is 1. The van der Waals surface area contributed by atoms with Gasteiger partial charge in [0.05, 0.1) is 16.7 Å². The molecule has 1 aliphatic heterocycles. The van der Waals surface area contributed by atoms with Gasteiger partial charge in [-0.2, -0.15) is 17.5 Å². The molecule has 0 radical (unpaired) electrons. The molecule has 132 valence electrons. The van der Waals surface area contributed by atoms with Crippen LogP contribution in [0.5, 0.6) is 0 Å². The summed E-state index contributed by atoms with van der Waals surface area (Å²) in [7, 11) is -4.39. The van der Waals surface area contributed by atoms with Crippen LogP contribution in [-0.2, 0) is 14.8 Å². The first kappa shape index (κ1) is 18.2. The van der Waals surface area contributed by atoms with Gasteiger partial charge in [-0.1, -0.05) is 6.07 Å². The fraction of sp³-hybridized carbons (Fsp3) is 0.385. The maximum Gasteiger partial charge on any atom is 0.393 e. The van der Waals surface area contributed by atoms with Crippen molar-refractivity contribution in [1.82, 2.24) is 4.31 Å². The van der Waals surface area contributed by atoms with Gasteiger partial charge in [-0.3, -0.25) is 9.59 Å². The molecule has 2 rings (SSSR count). The third kappa shape index (κ3) is 3.36. The van der Waals surface area contributed by atoms with Crippen LogP contribution in [0, 0.1) is 11.8 Å². The summed E-state index contributed by atoms with van der Waals surface area (Å²) in [6, 6.07) is 4.51. The van der Waals surface area contributed by atoms with Crippen LogP contribution in [0.3, 0.4) is 0 Å². The van der Waals surface area contributed by atoms with Crippen molar-refractivity contribution in [2.75, 3.05) is 13.1 Å². The van der Waals surface area contributed by atoms with Crippen LogP contribution in [0.15, 0.2) is 29.2 Å². The van der Waals surface area contributed by atoms with Crippen LogP contribution >= 0.6 is 0 Å². The molecule has 0 unspecified atom stereocenters. The zero-order chi connectivity index (χ0) is 18.3. The van der Waals surface area contributed by atoms with E-state index in [2.05, 4.69) is 0 Å². The Bertz CT molecular complexity index is 778. The molecule has 1 heterocycles. The molecule has 3 N–H and O–H groups in total. The van der Waals surface area contributed by atoms with Crippen LogP contribution in [-0.4, -0.2) is 49.0 Å². The Hall–Kier alpha value is -2.14. The van der Waals surface area contributed by atoms with Crippen molar-refractivity contribution in [3.05, 3.63) is 29.8 Å². The molecule has 2 atom stereocenters.